The maximum Gasteiger partial charge on any atom is 0.307 e. The van der Waals surface area contributed by atoms with Gasteiger partial charge in [0.05, 0.1) is 28.3 Å². The number of hydrogen-bond donors (Lipinski definition) is 1. The van der Waals surface area contributed by atoms with Gasteiger partial charge in [0.2, 0.25) is 0 Å². The summed E-state index contributed by atoms with van der Waals surface area (Å²) in [6.07, 6.45) is -0.386. The van der Waals surface area contributed by atoms with Gasteiger partial charge >= 0.3 is 5.97 Å². The molecular weight excluding hydrogens is 425 g/mol. The van der Waals surface area contributed by atoms with Crippen molar-refractivity contribution in [3.8, 4) is 5.75 Å². The molecular formula is C23H15ClFNO5. The van der Waals surface area contributed by atoms with Crippen molar-refractivity contribution in [2.45, 2.75) is 13.0 Å². The smallest absolute Gasteiger partial charge is 0.307 e. The largest absolute Gasteiger partial charge is 0.488 e. The Kier molecular flexibility index (Phi) is 5.44. The number of carboxylic acid groups (broad SMARTS) is 1. The fraction of sp³-hybridized carbons (Fsp3) is 0.0870. The number of rotatable bonds is 6. The van der Waals surface area contributed by atoms with Gasteiger partial charge in [-0.3, -0.25) is 14.4 Å². The van der Waals surface area contributed by atoms with Gasteiger partial charge in [0.1, 0.15) is 18.2 Å². The lowest BCUT2D eigenvalue weighted by atomic mass is 10.1. The number of carbonyl (C=O) groups is 3. The molecule has 6 nitrogen and oxygen atoms in total. The molecule has 0 unspecified atom stereocenters. The second kappa shape index (κ2) is 8.20. The first kappa shape index (κ1) is 20.6. The standard InChI is InChI=1S/C23H15ClFNO5/c24-15-7-9-18(31-12-13-4-2-1-3-5-13)21-20(15)22(29)26(23(21)30)17-8-6-14(10-16(17)25)11-19(27)28/h1-10H,11-12H2,(H,27,28). The molecule has 3 aromatic carbocycles. The van der Waals surface area contributed by atoms with E-state index in [1.165, 1.54) is 24.3 Å². The summed E-state index contributed by atoms with van der Waals surface area (Å²) < 4.78 is 20.5. The van der Waals surface area contributed by atoms with Crippen LogP contribution in [0.4, 0.5) is 10.1 Å². The predicted molar refractivity (Wildman–Crippen MR) is 111 cm³/mol. The fourth-order valence-electron chi connectivity index (χ4n) is 3.39. The zero-order valence-corrected chi connectivity index (χ0v) is 16.7. The topological polar surface area (TPSA) is 83.9 Å². The molecule has 0 spiro atoms. The van der Waals surface area contributed by atoms with Gasteiger partial charge in [0, 0.05) is 0 Å². The molecule has 2 amide bonds. The Hall–Kier alpha value is -3.71. The van der Waals surface area contributed by atoms with Crippen molar-refractivity contribution in [1.29, 1.82) is 0 Å². The molecule has 0 fully saturated rings. The summed E-state index contributed by atoms with van der Waals surface area (Å²) in [4.78, 5) is 37.6. The summed E-state index contributed by atoms with van der Waals surface area (Å²) in [5.41, 5.74) is 0.675. The molecule has 0 bridgehead atoms. The highest BCUT2D eigenvalue weighted by Crippen LogP contribution is 2.39. The predicted octanol–water partition coefficient (Wildman–Crippen LogP) is 4.49. The van der Waals surface area contributed by atoms with Crippen LogP contribution in [0.5, 0.6) is 5.75 Å². The van der Waals surface area contributed by atoms with E-state index >= 15 is 0 Å². The molecule has 0 atom stereocenters. The molecule has 1 heterocycles. The van der Waals surface area contributed by atoms with Crippen LogP contribution in [-0.2, 0) is 17.8 Å². The minimum atomic E-state index is -1.13. The minimum Gasteiger partial charge on any atom is -0.488 e. The Morgan fingerprint density at radius 2 is 1.68 bits per heavy atom. The van der Waals surface area contributed by atoms with E-state index in [-0.39, 0.29) is 46.2 Å². The number of amides is 2. The number of aliphatic carboxylic acids is 1. The highest BCUT2D eigenvalue weighted by atomic mass is 35.5. The van der Waals surface area contributed by atoms with E-state index in [2.05, 4.69) is 0 Å². The van der Waals surface area contributed by atoms with Crippen LogP contribution in [0.2, 0.25) is 5.02 Å². The first-order valence-corrected chi connectivity index (χ1v) is 9.63. The lowest BCUT2D eigenvalue weighted by Crippen LogP contribution is -2.30. The molecule has 0 saturated heterocycles. The minimum absolute atomic E-state index is 0.0394. The number of nitrogens with zero attached hydrogens (tertiary/aromatic N) is 1. The molecule has 0 saturated carbocycles. The van der Waals surface area contributed by atoms with E-state index < -0.39 is 23.6 Å². The second-order valence-corrected chi connectivity index (χ2v) is 7.28. The highest BCUT2D eigenvalue weighted by Gasteiger charge is 2.42. The van der Waals surface area contributed by atoms with E-state index in [0.717, 1.165) is 11.6 Å². The van der Waals surface area contributed by atoms with Crippen molar-refractivity contribution in [2.24, 2.45) is 0 Å². The van der Waals surface area contributed by atoms with E-state index in [4.69, 9.17) is 21.4 Å². The van der Waals surface area contributed by atoms with Crippen molar-refractivity contribution in [2.75, 3.05) is 4.90 Å². The first-order valence-electron chi connectivity index (χ1n) is 9.25. The molecule has 0 aromatic heterocycles. The van der Waals surface area contributed by atoms with E-state index in [1.807, 2.05) is 30.3 Å². The Morgan fingerprint density at radius 1 is 0.968 bits per heavy atom. The number of anilines is 1. The van der Waals surface area contributed by atoms with Gasteiger partial charge in [-0.2, -0.15) is 0 Å². The van der Waals surface area contributed by atoms with Crippen molar-refractivity contribution < 1.29 is 28.6 Å². The summed E-state index contributed by atoms with van der Waals surface area (Å²) in [5, 5.41) is 8.91. The maximum atomic E-state index is 14.7. The Morgan fingerprint density at radius 3 is 2.35 bits per heavy atom. The lowest BCUT2D eigenvalue weighted by Gasteiger charge is -2.15. The van der Waals surface area contributed by atoms with Crippen LogP contribution in [0, 0.1) is 5.82 Å². The average molecular weight is 440 g/mol. The number of benzene rings is 3. The third-order valence-corrected chi connectivity index (χ3v) is 5.11. The van der Waals surface area contributed by atoms with Crippen LogP contribution >= 0.6 is 11.6 Å². The first-order chi connectivity index (χ1) is 14.9. The van der Waals surface area contributed by atoms with E-state index in [0.29, 0.717) is 4.90 Å². The van der Waals surface area contributed by atoms with Gasteiger partial charge < -0.3 is 9.84 Å². The van der Waals surface area contributed by atoms with Gasteiger partial charge in [-0.05, 0) is 35.4 Å². The van der Waals surface area contributed by atoms with Gasteiger partial charge in [0.25, 0.3) is 11.8 Å². The van der Waals surface area contributed by atoms with Crippen LogP contribution in [-0.4, -0.2) is 22.9 Å². The molecule has 1 aliphatic heterocycles. The number of halogens is 2. The third kappa shape index (κ3) is 3.87. The Labute approximate surface area is 181 Å². The number of carbonyl (C=O) groups excluding carboxylic acids is 2. The van der Waals surface area contributed by atoms with Crippen LogP contribution in [0.25, 0.3) is 0 Å². The summed E-state index contributed by atoms with van der Waals surface area (Å²) in [6, 6.07) is 15.7. The number of imide groups is 1. The van der Waals surface area contributed by atoms with Crippen molar-refractivity contribution in [1.82, 2.24) is 0 Å². The van der Waals surface area contributed by atoms with Crippen molar-refractivity contribution in [3.05, 3.63) is 93.8 Å². The number of carboxylic acids is 1. The zero-order chi connectivity index (χ0) is 22.1. The molecule has 4 rings (SSSR count). The highest BCUT2D eigenvalue weighted by molar-refractivity contribution is 6.42. The molecule has 156 valence electrons. The Bertz CT molecular complexity index is 1210. The maximum absolute atomic E-state index is 14.7. The van der Waals surface area contributed by atoms with Crippen LogP contribution in [0.15, 0.2) is 60.7 Å². The molecule has 8 heteroatoms. The van der Waals surface area contributed by atoms with Gasteiger partial charge in [-0.1, -0.05) is 48.0 Å². The molecule has 1 aliphatic rings. The van der Waals surface area contributed by atoms with Crippen LogP contribution < -0.4 is 9.64 Å². The SMILES string of the molecule is O=C(O)Cc1ccc(N2C(=O)c3c(Cl)ccc(OCc4ccccc4)c3C2=O)c(F)c1. The second-order valence-electron chi connectivity index (χ2n) is 6.87. The zero-order valence-electron chi connectivity index (χ0n) is 16.0. The van der Waals surface area contributed by atoms with Crippen molar-refractivity contribution >= 4 is 35.1 Å². The lowest BCUT2D eigenvalue weighted by molar-refractivity contribution is -0.136. The average Bonchev–Trinajstić information content (AvgIpc) is 3.00. The number of hydrogen-bond acceptors (Lipinski definition) is 4. The summed E-state index contributed by atoms with van der Waals surface area (Å²) in [7, 11) is 0. The molecule has 1 N–H and O–H groups in total. The summed E-state index contributed by atoms with van der Waals surface area (Å²) in [6.45, 7) is 0.161. The third-order valence-electron chi connectivity index (χ3n) is 4.80. The summed E-state index contributed by atoms with van der Waals surface area (Å²) in [5.74, 6) is -3.40. The fourth-order valence-corrected chi connectivity index (χ4v) is 3.62. The summed E-state index contributed by atoms with van der Waals surface area (Å²) >= 11 is 6.18. The number of fused-ring (bicyclic) bond motifs is 1. The van der Waals surface area contributed by atoms with E-state index in [1.54, 1.807) is 0 Å². The normalized spacial score (nSPS) is 12.8. The monoisotopic (exact) mass is 439 g/mol. The molecule has 31 heavy (non-hydrogen) atoms. The van der Waals surface area contributed by atoms with Gasteiger partial charge in [-0.15, -0.1) is 0 Å². The van der Waals surface area contributed by atoms with Crippen LogP contribution in [0.1, 0.15) is 31.8 Å². The van der Waals surface area contributed by atoms with Crippen LogP contribution in [0.3, 0.4) is 0 Å². The van der Waals surface area contributed by atoms with Gasteiger partial charge in [0.15, 0.2) is 0 Å². The molecule has 0 radical (unpaired) electrons. The molecule has 3 aromatic rings. The quantitative estimate of drug-likeness (QED) is 0.572. The Balaban J connectivity index is 1.69. The number of ether oxygens (including phenoxy) is 1. The molecule has 0 aliphatic carbocycles. The van der Waals surface area contributed by atoms with E-state index in [9.17, 15) is 18.8 Å². The van der Waals surface area contributed by atoms with Gasteiger partial charge in [-0.25, -0.2) is 9.29 Å². The van der Waals surface area contributed by atoms with Crippen molar-refractivity contribution in [3.63, 3.8) is 0 Å².